The molecule has 1 fully saturated rings. The van der Waals surface area contributed by atoms with Crippen molar-refractivity contribution in [3.05, 3.63) is 64.3 Å². The lowest BCUT2D eigenvalue weighted by molar-refractivity contribution is 0.0946. The van der Waals surface area contributed by atoms with Crippen molar-refractivity contribution in [1.29, 1.82) is 0 Å². The third-order valence-electron chi connectivity index (χ3n) is 4.87. The Balaban J connectivity index is 1.50. The molecule has 3 aromatic rings. The highest BCUT2D eigenvalue weighted by molar-refractivity contribution is 6.31. The molecule has 31 heavy (non-hydrogen) atoms. The number of carbonyl (C=O) groups is 1. The summed E-state index contributed by atoms with van der Waals surface area (Å²) in [6.45, 7) is 3.04. The van der Waals surface area contributed by atoms with Gasteiger partial charge in [-0.05, 0) is 18.6 Å². The van der Waals surface area contributed by atoms with Crippen molar-refractivity contribution in [1.82, 2.24) is 24.8 Å². The van der Waals surface area contributed by atoms with E-state index in [0.717, 1.165) is 23.3 Å². The van der Waals surface area contributed by atoms with Crippen molar-refractivity contribution in [3.8, 4) is 5.82 Å². The van der Waals surface area contributed by atoms with Gasteiger partial charge >= 0.3 is 0 Å². The number of aryl methyl sites for hydroxylation is 1. The maximum absolute atomic E-state index is 12.6. The number of rotatable bonds is 6. The molecule has 0 radical (unpaired) electrons. The molecule has 3 heterocycles. The van der Waals surface area contributed by atoms with E-state index in [2.05, 4.69) is 25.3 Å². The number of aliphatic hydroxyl groups excluding tert-OH is 1. The SMILES string of the molecule is Cc1cnc(N=C2CCOC2)nc1-n1cnc(C(=O)NCc2cccc(Cl)c2CO)c1. The van der Waals surface area contributed by atoms with Gasteiger partial charge in [-0.15, -0.1) is 0 Å². The van der Waals surface area contributed by atoms with E-state index in [0.29, 0.717) is 35.6 Å². The Labute approximate surface area is 183 Å². The molecule has 1 aliphatic heterocycles. The maximum Gasteiger partial charge on any atom is 0.271 e. The summed E-state index contributed by atoms with van der Waals surface area (Å²) in [5, 5.41) is 12.8. The zero-order valence-electron chi connectivity index (χ0n) is 16.9. The van der Waals surface area contributed by atoms with Crippen LogP contribution in [0.2, 0.25) is 5.02 Å². The minimum atomic E-state index is -0.349. The minimum Gasteiger partial charge on any atom is -0.392 e. The van der Waals surface area contributed by atoms with E-state index in [-0.39, 0.29) is 24.8 Å². The number of amides is 1. The monoisotopic (exact) mass is 440 g/mol. The average Bonchev–Trinajstić information content (AvgIpc) is 3.46. The number of nitrogens with zero attached hydrogens (tertiary/aromatic N) is 5. The molecule has 0 spiro atoms. The molecule has 2 aromatic heterocycles. The Hall–Kier alpha value is -3.14. The fraction of sp³-hybridized carbons (Fsp3) is 0.286. The first-order chi connectivity index (χ1) is 15.0. The number of aromatic nitrogens is 4. The summed E-state index contributed by atoms with van der Waals surface area (Å²) >= 11 is 6.10. The van der Waals surface area contributed by atoms with Crippen LogP contribution >= 0.6 is 11.6 Å². The van der Waals surface area contributed by atoms with E-state index in [1.165, 1.54) is 6.33 Å². The molecule has 0 atom stereocenters. The summed E-state index contributed by atoms with van der Waals surface area (Å²) in [6, 6.07) is 5.27. The second-order valence-corrected chi connectivity index (χ2v) is 7.45. The van der Waals surface area contributed by atoms with E-state index in [1.807, 2.05) is 6.92 Å². The largest absolute Gasteiger partial charge is 0.392 e. The van der Waals surface area contributed by atoms with Gasteiger partial charge in [0.1, 0.15) is 17.8 Å². The van der Waals surface area contributed by atoms with Crippen molar-refractivity contribution in [2.24, 2.45) is 4.99 Å². The molecule has 1 saturated heterocycles. The van der Waals surface area contributed by atoms with Crippen LogP contribution in [0, 0.1) is 6.92 Å². The molecule has 1 amide bonds. The molecule has 0 unspecified atom stereocenters. The summed E-state index contributed by atoms with van der Waals surface area (Å²) in [5.74, 6) is 0.591. The molecular weight excluding hydrogens is 420 g/mol. The molecule has 0 saturated carbocycles. The van der Waals surface area contributed by atoms with Gasteiger partial charge in [-0.25, -0.2) is 15.0 Å². The van der Waals surface area contributed by atoms with Gasteiger partial charge in [-0.2, -0.15) is 4.98 Å². The van der Waals surface area contributed by atoms with Crippen LogP contribution in [0.4, 0.5) is 5.95 Å². The van der Waals surface area contributed by atoms with Crippen LogP contribution in [-0.4, -0.2) is 49.5 Å². The number of nitrogens with one attached hydrogen (secondary N) is 1. The smallest absolute Gasteiger partial charge is 0.271 e. The Bertz CT molecular complexity index is 1140. The number of ether oxygens (including phenoxy) is 1. The van der Waals surface area contributed by atoms with Gasteiger partial charge in [0.05, 0.1) is 25.5 Å². The summed E-state index contributed by atoms with van der Waals surface area (Å²) in [4.78, 5) is 30.0. The van der Waals surface area contributed by atoms with Crippen molar-refractivity contribution in [3.63, 3.8) is 0 Å². The van der Waals surface area contributed by atoms with Gasteiger partial charge < -0.3 is 15.2 Å². The molecule has 9 nitrogen and oxygen atoms in total. The van der Waals surface area contributed by atoms with Gasteiger partial charge in [0.2, 0.25) is 0 Å². The summed E-state index contributed by atoms with van der Waals surface area (Å²) < 4.78 is 6.97. The van der Waals surface area contributed by atoms with Crippen LogP contribution in [-0.2, 0) is 17.9 Å². The highest BCUT2D eigenvalue weighted by Crippen LogP contribution is 2.20. The number of carbonyl (C=O) groups excluding carboxylic acids is 1. The zero-order valence-corrected chi connectivity index (χ0v) is 17.6. The molecular formula is C21H21ClN6O3. The van der Waals surface area contributed by atoms with E-state index >= 15 is 0 Å². The van der Waals surface area contributed by atoms with Gasteiger partial charge in [0.25, 0.3) is 11.9 Å². The number of halogens is 1. The van der Waals surface area contributed by atoms with Crippen molar-refractivity contribution >= 4 is 29.2 Å². The molecule has 2 N–H and O–H groups in total. The van der Waals surface area contributed by atoms with Crippen LogP contribution in [0.1, 0.15) is 33.6 Å². The standard InChI is InChI=1S/C21H21ClN6O3/c1-13-7-24-21(26-15-5-6-31-11-15)27-19(13)28-9-18(25-12-28)20(30)23-8-14-3-2-4-17(22)16(14)10-29/h2-4,7,9,12,29H,5-6,8,10-11H2,1H3,(H,23,30). The van der Waals surface area contributed by atoms with E-state index in [9.17, 15) is 9.90 Å². The Morgan fingerprint density at radius 2 is 2.26 bits per heavy atom. The van der Waals surface area contributed by atoms with E-state index in [1.54, 1.807) is 35.2 Å². The van der Waals surface area contributed by atoms with Crippen LogP contribution < -0.4 is 5.32 Å². The third kappa shape index (κ3) is 4.79. The second-order valence-electron chi connectivity index (χ2n) is 7.04. The predicted molar refractivity (Wildman–Crippen MR) is 115 cm³/mol. The van der Waals surface area contributed by atoms with Crippen LogP contribution in [0.25, 0.3) is 5.82 Å². The molecule has 0 aliphatic carbocycles. The normalized spacial score (nSPS) is 14.9. The fourth-order valence-electron chi connectivity index (χ4n) is 3.19. The molecule has 0 bridgehead atoms. The highest BCUT2D eigenvalue weighted by Gasteiger charge is 2.15. The quantitative estimate of drug-likeness (QED) is 0.608. The van der Waals surface area contributed by atoms with Gasteiger partial charge in [-0.3, -0.25) is 9.36 Å². The van der Waals surface area contributed by atoms with E-state index < -0.39 is 0 Å². The first-order valence-electron chi connectivity index (χ1n) is 9.72. The number of aliphatic hydroxyl groups is 1. The second kappa shape index (κ2) is 9.34. The molecule has 1 aliphatic rings. The first-order valence-corrected chi connectivity index (χ1v) is 10.1. The van der Waals surface area contributed by atoms with Crippen LogP contribution in [0.3, 0.4) is 0 Å². The Morgan fingerprint density at radius 1 is 1.39 bits per heavy atom. The number of aliphatic imine (C=N–C) groups is 1. The maximum atomic E-state index is 12.6. The Morgan fingerprint density at radius 3 is 3.03 bits per heavy atom. The minimum absolute atomic E-state index is 0.203. The lowest BCUT2D eigenvalue weighted by Gasteiger charge is -2.10. The predicted octanol–water partition coefficient (Wildman–Crippen LogP) is 2.54. The first kappa shape index (κ1) is 21.1. The van der Waals surface area contributed by atoms with Crippen molar-refractivity contribution in [2.45, 2.75) is 26.5 Å². The average molecular weight is 441 g/mol. The van der Waals surface area contributed by atoms with Crippen LogP contribution in [0.5, 0.6) is 0 Å². The van der Waals surface area contributed by atoms with Gasteiger partial charge in [0, 0.05) is 41.5 Å². The molecule has 160 valence electrons. The van der Waals surface area contributed by atoms with Crippen molar-refractivity contribution < 1.29 is 14.6 Å². The van der Waals surface area contributed by atoms with E-state index in [4.69, 9.17) is 16.3 Å². The molecule has 1 aromatic carbocycles. The molecule has 4 rings (SSSR count). The fourth-order valence-corrected chi connectivity index (χ4v) is 3.44. The summed E-state index contributed by atoms with van der Waals surface area (Å²) in [6.07, 6.45) is 5.59. The lowest BCUT2D eigenvalue weighted by Crippen LogP contribution is -2.23. The van der Waals surface area contributed by atoms with Gasteiger partial charge in [0.15, 0.2) is 0 Å². The summed E-state index contributed by atoms with van der Waals surface area (Å²) in [5.41, 5.74) is 3.30. The van der Waals surface area contributed by atoms with Crippen LogP contribution in [0.15, 0.2) is 41.9 Å². The Kier molecular flexibility index (Phi) is 6.36. The topological polar surface area (TPSA) is 115 Å². The highest BCUT2D eigenvalue weighted by atomic mass is 35.5. The van der Waals surface area contributed by atoms with Crippen molar-refractivity contribution in [2.75, 3.05) is 13.2 Å². The number of imidazole rings is 1. The third-order valence-corrected chi connectivity index (χ3v) is 5.22. The number of hydrogen-bond donors (Lipinski definition) is 2. The molecule has 10 heteroatoms. The lowest BCUT2D eigenvalue weighted by atomic mass is 10.1. The number of benzene rings is 1. The number of hydrogen-bond acceptors (Lipinski definition) is 7. The zero-order chi connectivity index (χ0) is 21.8. The summed E-state index contributed by atoms with van der Waals surface area (Å²) in [7, 11) is 0. The van der Waals surface area contributed by atoms with Gasteiger partial charge in [-0.1, -0.05) is 23.7 Å².